The lowest BCUT2D eigenvalue weighted by Gasteiger charge is -2.16. The van der Waals surface area contributed by atoms with Crippen LogP contribution in [0.3, 0.4) is 0 Å². The zero-order valence-electron chi connectivity index (χ0n) is 11.5. The highest BCUT2D eigenvalue weighted by atomic mass is 16.6. The van der Waals surface area contributed by atoms with Gasteiger partial charge in [0.25, 0.3) is 5.69 Å². The lowest BCUT2D eigenvalue weighted by Crippen LogP contribution is -2.23. The topological polar surface area (TPSA) is 102 Å². The van der Waals surface area contributed by atoms with Crippen LogP contribution in [-0.4, -0.2) is 41.1 Å². The van der Waals surface area contributed by atoms with Gasteiger partial charge >= 0.3 is 0 Å². The number of aliphatic hydroxyl groups is 2. The van der Waals surface area contributed by atoms with Crippen LogP contribution in [0.1, 0.15) is 25.5 Å². The van der Waals surface area contributed by atoms with Gasteiger partial charge in [-0.3, -0.25) is 10.1 Å². The van der Waals surface area contributed by atoms with E-state index in [0.29, 0.717) is 17.9 Å². The van der Waals surface area contributed by atoms with Crippen LogP contribution < -0.4 is 4.74 Å². The second-order valence-electron chi connectivity index (χ2n) is 4.28. The number of nitrogens with zero attached hydrogens (tertiary/aromatic N) is 1. The normalized spacial score (nSPS) is 13.8. The third-order valence-corrected chi connectivity index (χ3v) is 2.60. The van der Waals surface area contributed by atoms with E-state index in [0.717, 1.165) is 0 Å². The average Bonchev–Trinajstić information content (AvgIpc) is 2.42. The molecule has 0 aromatic heterocycles. The van der Waals surface area contributed by atoms with Crippen LogP contribution in [0.2, 0.25) is 0 Å². The van der Waals surface area contributed by atoms with Crippen LogP contribution in [0.25, 0.3) is 0 Å². The van der Waals surface area contributed by atoms with Crippen molar-refractivity contribution in [3.63, 3.8) is 0 Å². The van der Waals surface area contributed by atoms with Crippen LogP contribution in [0.4, 0.5) is 5.69 Å². The number of non-ortho nitro benzene ring substituents is 1. The zero-order chi connectivity index (χ0) is 15.1. The van der Waals surface area contributed by atoms with E-state index in [1.165, 1.54) is 25.1 Å². The van der Waals surface area contributed by atoms with Crippen LogP contribution >= 0.6 is 0 Å². The molecule has 0 radical (unpaired) electrons. The van der Waals surface area contributed by atoms with E-state index in [1.54, 1.807) is 0 Å². The SMILES string of the molecule is CCOCC(O)COc1ccc([N+](=O)[O-])cc1C(C)O. The second-order valence-corrected chi connectivity index (χ2v) is 4.28. The molecule has 2 atom stereocenters. The first-order valence-electron chi connectivity index (χ1n) is 6.30. The first-order valence-corrected chi connectivity index (χ1v) is 6.30. The Labute approximate surface area is 116 Å². The molecule has 2 unspecified atom stereocenters. The molecule has 0 aliphatic carbocycles. The predicted molar refractivity (Wildman–Crippen MR) is 71.7 cm³/mol. The molecular weight excluding hydrogens is 266 g/mol. The first kappa shape index (κ1) is 16.4. The van der Waals surface area contributed by atoms with Gasteiger partial charge in [0, 0.05) is 24.3 Å². The molecule has 0 spiro atoms. The summed E-state index contributed by atoms with van der Waals surface area (Å²) in [5.74, 6) is 0.307. The van der Waals surface area contributed by atoms with E-state index in [9.17, 15) is 20.3 Å². The molecular formula is C13H19NO6. The summed E-state index contributed by atoms with van der Waals surface area (Å²) in [5.41, 5.74) is 0.186. The van der Waals surface area contributed by atoms with E-state index < -0.39 is 17.1 Å². The summed E-state index contributed by atoms with van der Waals surface area (Å²) in [6.07, 6.45) is -1.71. The fourth-order valence-corrected chi connectivity index (χ4v) is 1.60. The molecule has 7 nitrogen and oxygen atoms in total. The summed E-state index contributed by atoms with van der Waals surface area (Å²) in [7, 11) is 0. The van der Waals surface area contributed by atoms with Gasteiger partial charge in [0.1, 0.15) is 18.5 Å². The van der Waals surface area contributed by atoms with Gasteiger partial charge < -0.3 is 19.7 Å². The van der Waals surface area contributed by atoms with Crippen molar-refractivity contribution in [2.24, 2.45) is 0 Å². The smallest absolute Gasteiger partial charge is 0.270 e. The Balaban J connectivity index is 2.76. The minimum atomic E-state index is -0.908. The van der Waals surface area contributed by atoms with Crippen LogP contribution in [-0.2, 0) is 4.74 Å². The summed E-state index contributed by atoms with van der Waals surface area (Å²) in [4.78, 5) is 10.2. The van der Waals surface area contributed by atoms with Crippen molar-refractivity contribution in [3.8, 4) is 5.75 Å². The van der Waals surface area contributed by atoms with Gasteiger partial charge in [-0.15, -0.1) is 0 Å². The Kier molecular flexibility index (Phi) is 6.37. The van der Waals surface area contributed by atoms with E-state index in [1.807, 2.05) is 6.92 Å². The largest absolute Gasteiger partial charge is 0.490 e. The third kappa shape index (κ3) is 4.76. The zero-order valence-corrected chi connectivity index (χ0v) is 11.5. The molecule has 2 N–H and O–H groups in total. The molecule has 0 saturated carbocycles. The lowest BCUT2D eigenvalue weighted by molar-refractivity contribution is -0.385. The van der Waals surface area contributed by atoms with Gasteiger partial charge in [-0.2, -0.15) is 0 Å². The molecule has 0 aliphatic heterocycles. The van der Waals surface area contributed by atoms with E-state index in [-0.39, 0.29) is 18.9 Å². The summed E-state index contributed by atoms with van der Waals surface area (Å²) < 4.78 is 10.4. The molecule has 20 heavy (non-hydrogen) atoms. The highest BCUT2D eigenvalue weighted by Crippen LogP contribution is 2.29. The highest BCUT2D eigenvalue weighted by molar-refractivity contribution is 5.44. The minimum Gasteiger partial charge on any atom is -0.490 e. The van der Waals surface area contributed by atoms with Crippen molar-refractivity contribution in [1.29, 1.82) is 0 Å². The summed E-state index contributed by atoms with van der Waals surface area (Å²) in [6, 6.07) is 3.96. The average molecular weight is 285 g/mol. The Bertz CT molecular complexity index is 448. The minimum absolute atomic E-state index is 0.0163. The van der Waals surface area contributed by atoms with Gasteiger partial charge in [-0.25, -0.2) is 0 Å². The number of hydrogen-bond donors (Lipinski definition) is 2. The predicted octanol–water partition coefficient (Wildman–Crippen LogP) is 1.42. The van der Waals surface area contributed by atoms with Crippen molar-refractivity contribution in [3.05, 3.63) is 33.9 Å². The van der Waals surface area contributed by atoms with E-state index >= 15 is 0 Å². The number of benzene rings is 1. The fraction of sp³-hybridized carbons (Fsp3) is 0.538. The quantitative estimate of drug-likeness (QED) is 0.553. The molecule has 112 valence electrons. The maximum absolute atomic E-state index is 10.7. The van der Waals surface area contributed by atoms with E-state index in [2.05, 4.69) is 0 Å². The number of rotatable bonds is 8. The van der Waals surface area contributed by atoms with Crippen LogP contribution in [0.15, 0.2) is 18.2 Å². The number of hydrogen-bond acceptors (Lipinski definition) is 6. The molecule has 0 aliphatic rings. The Morgan fingerprint density at radius 3 is 2.60 bits per heavy atom. The van der Waals surface area contributed by atoms with Crippen LogP contribution in [0, 0.1) is 10.1 Å². The molecule has 0 saturated heterocycles. The van der Waals surface area contributed by atoms with Gasteiger partial charge in [0.2, 0.25) is 0 Å². The second kappa shape index (κ2) is 7.78. The van der Waals surface area contributed by atoms with Gasteiger partial charge in [-0.1, -0.05) is 0 Å². The highest BCUT2D eigenvalue weighted by Gasteiger charge is 2.16. The molecule has 0 bridgehead atoms. The summed E-state index contributed by atoms with van der Waals surface area (Å²) in [5, 5.41) is 29.9. The van der Waals surface area contributed by atoms with Gasteiger partial charge in [-0.05, 0) is 19.9 Å². The van der Waals surface area contributed by atoms with Gasteiger partial charge in [0.05, 0.1) is 17.6 Å². The monoisotopic (exact) mass is 285 g/mol. The summed E-state index contributed by atoms with van der Waals surface area (Å²) in [6.45, 7) is 3.93. The molecule has 7 heteroatoms. The molecule has 1 aromatic carbocycles. The number of ether oxygens (including phenoxy) is 2. The molecule has 0 fully saturated rings. The van der Waals surface area contributed by atoms with Crippen molar-refractivity contribution >= 4 is 5.69 Å². The third-order valence-electron chi connectivity index (χ3n) is 2.60. The Morgan fingerprint density at radius 1 is 1.35 bits per heavy atom. The lowest BCUT2D eigenvalue weighted by atomic mass is 10.1. The number of aliphatic hydroxyl groups excluding tert-OH is 2. The first-order chi connectivity index (χ1) is 9.45. The van der Waals surface area contributed by atoms with E-state index in [4.69, 9.17) is 9.47 Å². The molecule has 0 heterocycles. The van der Waals surface area contributed by atoms with Crippen molar-refractivity contribution in [2.75, 3.05) is 19.8 Å². The standard InChI is InChI=1S/C13H19NO6/c1-3-19-7-11(16)8-20-13-5-4-10(14(17)18)6-12(13)9(2)15/h4-6,9,11,15-16H,3,7-8H2,1-2H3. The Morgan fingerprint density at radius 2 is 2.05 bits per heavy atom. The molecule has 0 amide bonds. The summed E-state index contributed by atoms with van der Waals surface area (Å²) >= 11 is 0. The maximum Gasteiger partial charge on any atom is 0.270 e. The molecule has 1 rings (SSSR count). The number of nitro benzene ring substituents is 1. The van der Waals surface area contributed by atoms with Crippen molar-refractivity contribution < 1.29 is 24.6 Å². The van der Waals surface area contributed by atoms with Crippen molar-refractivity contribution in [2.45, 2.75) is 26.1 Å². The Hall–Kier alpha value is -1.70. The fourth-order valence-electron chi connectivity index (χ4n) is 1.60. The van der Waals surface area contributed by atoms with Crippen molar-refractivity contribution in [1.82, 2.24) is 0 Å². The van der Waals surface area contributed by atoms with Crippen LogP contribution in [0.5, 0.6) is 5.75 Å². The van der Waals surface area contributed by atoms with Gasteiger partial charge in [0.15, 0.2) is 0 Å². The maximum atomic E-state index is 10.7. The molecule has 1 aromatic rings. The number of nitro groups is 1.